The minimum Gasteiger partial charge on any atom is -0.395 e. The van der Waals surface area contributed by atoms with E-state index in [4.69, 9.17) is 5.11 Å². The highest BCUT2D eigenvalue weighted by Crippen LogP contribution is 2.07. The van der Waals surface area contributed by atoms with Gasteiger partial charge in [0.1, 0.15) is 0 Å². The van der Waals surface area contributed by atoms with E-state index in [2.05, 4.69) is 10.6 Å². The van der Waals surface area contributed by atoms with Crippen LogP contribution in [0.4, 0.5) is 0 Å². The molecule has 5 heteroatoms. The zero-order valence-electron chi connectivity index (χ0n) is 8.41. The van der Waals surface area contributed by atoms with Gasteiger partial charge in [-0.3, -0.25) is 14.9 Å². The molecule has 0 saturated carbocycles. The Labute approximate surface area is 82.9 Å². The molecular weight excluding hydrogens is 184 g/mol. The summed E-state index contributed by atoms with van der Waals surface area (Å²) in [7, 11) is 0. The Bertz CT molecular complexity index is 240. The number of aliphatic hydroxyl groups is 1. The highest BCUT2D eigenvalue weighted by atomic mass is 16.3. The van der Waals surface area contributed by atoms with Crippen LogP contribution in [0.3, 0.4) is 0 Å². The summed E-state index contributed by atoms with van der Waals surface area (Å²) in [6, 6.07) is -0.626. The highest BCUT2D eigenvalue weighted by Gasteiger charge is 2.32. The molecular formula is C9H16N2O3. The topological polar surface area (TPSA) is 78.4 Å². The number of aliphatic hydroxyl groups excluding tert-OH is 1. The standard InChI is InChI=1S/C9H16N2O3/c1-5(2)7(4-12)10-6-3-8(13)11-9(6)14/h5-7,10,12H,3-4H2,1-2H3,(H,11,13,14)/t6?,7-/m1/s1. The normalized spacial score (nSPS) is 24.1. The van der Waals surface area contributed by atoms with E-state index >= 15 is 0 Å². The molecule has 0 aliphatic carbocycles. The molecule has 0 aromatic carbocycles. The first kappa shape index (κ1) is 11.1. The molecule has 1 saturated heterocycles. The van der Waals surface area contributed by atoms with Crippen LogP contribution in [0.15, 0.2) is 0 Å². The summed E-state index contributed by atoms with van der Waals surface area (Å²) < 4.78 is 0. The van der Waals surface area contributed by atoms with E-state index < -0.39 is 6.04 Å². The Morgan fingerprint density at radius 1 is 1.57 bits per heavy atom. The van der Waals surface area contributed by atoms with Gasteiger partial charge in [-0.15, -0.1) is 0 Å². The highest BCUT2D eigenvalue weighted by molar-refractivity contribution is 6.05. The lowest BCUT2D eigenvalue weighted by Gasteiger charge is -2.22. The molecule has 3 N–H and O–H groups in total. The van der Waals surface area contributed by atoms with E-state index in [0.29, 0.717) is 0 Å². The molecule has 5 nitrogen and oxygen atoms in total. The molecule has 0 spiro atoms. The first-order valence-electron chi connectivity index (χ1n) is 4.75. The average molecular weight is 200 g/mol. The fourth-order valence-electron chi connectivity index (χ4n) is 1.40. The summed E-state index contributed by atoms with van der Waals surface area (Å²) in [5.41, 5.74) is 0. The lowest BCUT2D eigenvalue weighted by Crippen LogP contribution is -2.46. The van der Waals surface area contributed by atoms with Crippen LogP contribution in [-0.2, 0) is 9.59 Å². The number of hydrogen-bond acceptors (Lipinski definition) is 4. The molecule has 2 amide bonds. The van der Waals surface area contributed by atoms with Gasteiger partial charge < -0.3 is 10.4 Å². The number of rotatable bonds is 4. The fourth-order valence-corrected chi connectivity index (χ4v) is 1.40. The summed E-state index contributed by atoms with van der Waals surface area (Å²) in [6.45, 7) is 3.86. The second-order valence-corrected chi connectivity index (χ2v) is 3.87. The second-order valence-electron chi connectivity index (χ2n) is 3.87. The monoisotopic (exact) mass is 200 g/mol. The number of hydrogen-bond donors (Lipinski definition) is 3. The number of imide groups is 1. The molecule has 1 rings (SSSR count). The van der Waals surface area contributed by atoms with Crippen LogP contribution in [0.1, 0.15) is 20.3 Å². The van der Waals surface area contributed by atoms with Crippen molar-refractivity contribution in [3.05, 3.63) is 0 Å². The molecule has 1 heterocycles. The third-order valence-electron chi connectivity index (χ3n) is 2.39. The number of nitrogens with one attached hydrogen (secondary N) is 2. The quantitative estimate of drug-likeness (QED) is 0.509. The van der Waals surface area contributed by atoms with Crippen LogP contribution in [0.2, 0.25) is 0 Å². The summed E-state index contributed by atoms with van der Waals surface area (Å²) in [4.78, 5) is 22.1. The average Bonchev–Trinajstić information content (AvgIpc) is 2.40. The van der Waals surface area contributed by atoms with Gasteiger partial charge in [-0.2, -0.15) is 0 Å². The number of carbonyl (C=O) groups is 2. The van der Waals surface area contributed by atoms with Crippen molar-refractivity contribution < 1.29 is 14.7 Å². The number of carbonyl (C=O) groups excluding carboxylic acids is 2. The van der Waals surface area contributed by atoms with Crippen LogP contribution < -0.4 is 10.6 Å². The first-order valence-corrected chi connectivity index (χ1v) is 4.75. The van der Waals surface area contributed by atoms with Crippen LogP contribution in [-0.4, -0.2) is 35.6 Å². The molecule has 14 heavy (non-hydrogen) atoms. The lowest BCUT2D eigenvalue weighted by atomic mass is 10.0. The smallest absolute Gasteiger partial charge is 0.244 e. The van der Waals surface area contributed by atoms with E-state index in [9.17, 15) is 9.59 Å². The van der Waals surface area contributed by atoms with Crippen molar-refractivity contribution in [3.63, 3.8) is 0 Å². The van der Waals surface area contributed by atoms with Gasteiger partial charge in [0.25, 0.3) is 0 Å². The lowest BCUT2D eigenvalue weighted by molar-refractivity contribution is -0.125. The minimum atomic E-state index is -0.484. The Hall–Kier alpha value is -0.940. The van der Waals surface area contributed by atoms with Crippen LogP contribution in [0.25, 0.3) is 0 Å². The maximum Gasteiger partial charge on any atom is 0.244 e. The van der Waals surface area contributed by atoms with Crippen molar-refractivity contribution >= 4 is 11.8 Å². The fraction of sp³-hybridized carbons (Fsp3) is 0.778. The van der Waals surface area contributed by atoms with Crippen molar-refractivity contribution in [1.82, 2.24) is 10.6 Å². The predicted octanol–water partition coefficient (Wildman–Crippen LogP) is -0.992. The summed E-state index contributed by atoms with van der Waals surface area (Å²) in [5, 5.41) is 14.2. The summed E-state index contributed by atoms with van der Waals surface area (Å²) >= 11 is 0. The van der Waals surface area contributed by atoms with Gasteiger partial charge in [-0.05, 0) is 5.92 Å². The zero-order chi connectivity index (χ0) is 10.7. The first-order chi connectivity index (χ1) is 6.54. The van der Waals surface area contributed by atoms with Crippen LogP contribution in [0, 0.1) is 5.92 Å². The number of amides is 2. The van der Waals surface area contributed by atoms with Gasteiger partial charge in [0.2, 0.25) is 11.8 Å². The van der Waals surface area contributed by atoms with Crippen LogP contribution >= 0.6 is 0 Å². The third-order valence-corrected chi connectivity index (χ3v) is 2.39. The third kappa shape index (κ3) is 2.52. The van der Waals surface area contributed by atoms with Crippen molar-refractivity contribution in [2.24, 2.45) is 5.92 Å². The Morgan fingerprint density at radius 3 is 2.57 bits per heavy atom. The summed E-state index contributed by atoms with van der Waals surface area (Å²) in [6.07, 6.45) is 0.169. The molecule has 1 aliphatic rings. The SMILES string of the molecule is CC(C)[C@@H](CO)NC1CC(=O)NC1=O. The maximum absolute atomic E-state index is 11.2. The van der Waals surface area contributed by atoms with Gasteiger partial charge in [0, 0.05) is 6.04 Å². The van der Waals surface area contributed by atoms with E-state index in [1.54, 1.807) is 0 Å². The van der Waals surface area contributed by atoms with E-state index in [1.165, 1.54) is 0 Å². The van der Waals surface area contributed by atoms with E-state index in [1.807, 2.05) is 13.8 Å². The van der Waals surface area contributed by atoms with Gasteiger partial charge in [0.15, 0.2) is 0 Å². The molecule has 0 radical (unpaired) electrons. The second kappa shape index (κ2) is 4.52. The Morgan fingerprint density at radius 2 is 2.21 bits per heavy atom. The molecule has 80 valence electrons. The maximum atomic E-state index is 11.2. The Kier molecular flexibility index (Phi) is 3.60. The summed E-state index contributed by atoms with van der Waals surface area (Å²) in [5.74, 6) is -0.328. The largest absolute Gasteiger partial charge is 0.395 e. The van der Waals surface area contributed by atoms with E-state index in [0.717, 1.165) is 0 Å². The van der Waals surface area contributed by atoms with Crippen molar-refractivity contribution in [1.29, 1.82) is 0 Å². The van der Waals surface area contributed by atoms with Gasteiger partial charge >= 0.3 is 0 Å². The van der Waals surface area contributed by atoms with Crippen molar-refractivity contribution in [3.8, 4) is 0 Å². The van der Waals surface area contributed by atoms with Crippen LogP contribution in [0.5, 0.6) is 0 Å². The van der Waals surface area contributed by atoms with Gasteiger partial charge in [0.05, 0.1) is 19.1 Å². The molecule has 2 atom stereocenters. The van der Waals surface area contributed by atoms with E-state index in [-0.39, 0.29) is 36.8 Å². The van der Waals surface area contributed by atoms with Crippen molar-refractivity contribution in [2.75, 3.05) is 6.61 Å². The minimum absolute atomic E-state index is 0.0321. The molecule has 0 bridgehead atoms. The molecule has 1 aliphatic heterocycles. The van der Waals surface area contributed by atoms with Crippen molar-refractivity contribution in [2.45, 2.75) is 32.4 Å². The molecule has 0 aromatic rings. The molecule has 1 fully saturated rings. The van der Waals surface area contributed by atoms with Gasteiger partial charge in [-0.1, -0.05) is 13.8 Å². The Balaban J connectivity index is 2.50. The molecule has 1 unspecified atom stereocenters. The molecule has 0 aromatic heterocycles. The van der Waals surface area contributed by atoms with Gasteiger partial charge in [-0.25, -0.2) is 0 Å². The predicted molar refractivity (Wildman–Crippen MR) is 50.4 cm³/mol. The zero-order valence-corrected chi connectivity index (χ0v) is 8.41.